The zero-order valence-corrected chi connectivity index (χ0v) is 16.0. The van der Waals surface area contributed by atoms with E-state index in [1.54, 1.807) is 13.1 Å². The van der Waals surface area contributed by atoms with Gasteiger partial charge in [-0.1, -0.05) is 13.8 Å². The fraction of sp³-hybridized carbons (Fsp3) is 0.647. The standard InChI is InChI=1S/C17H25F3N4OS/c1-12(2)14-10-24(6-7-26-14)16(21-3)23-9-13-4-5-22-15(8-13)25-11-17(18,19)20/h4-5,8,12,14H,6-7,9-11H2,1-3H3,(H,21,23). The van der Waals surface area contributed by atoms with E-state index in [1.165, 1.54) is 12.3 Å². The number of rotatable bonds is 5. The smallest absolute Gasteiger partial charge is 0.422 e. The summed E-state index contributed by atoms with van der Waals surface area (Å²) in [5, 5.41) is 3.84. The van der Waals surface area contributed by atoms with Gasteiger partial charge in [-0.05, 0) is 17.5 Å². The molecule has 1 N–H and O–H groups in total. The molecule has 1 aliphatic rings. The van der Waals surface area contributed by atoms with E-state index in [-0.39, 0.29) is 5.88 Å². The number of alkyl halides is 3. The molecular formula is C17H25F3N4OS. The first kappa shape index (κ1) is 20.7. The first-order chi connectivity index (χ1) is 12.3. The maximum Gasteiger partial charge on any atom is 0.422 e. The highest BCUT2D eigenvalue weighted by Crippen LogP contribution is 2.25. The molecule has 0 spiro atoms. The van der Waals surface area contributed by atoms with E-state index in [4.69, 9.17) is 4.74 Å². The van der Waals surface area contributed by atoms with Crippen LogP contribution >= 0.6 is 11.8 Å². The summed E-state index contributed by atoms with van der Waals surface area (Å²) in [5.74, 6) is 2.40. The normalized spacial score (nSPS) is 19.0. The lowest BCUT2D eigenvalue weighted by Crippen LogP contribution is -2.48. The summed E-state index contributed by atoms with van der Waals surface area (Å²) in [5.41, 5.74) is 0.783. The summed E-state index contributed by atoms with van der Waals surface area (Å²) < 4.78 is 41.4. The van der Waals surface area contributed by atoms with Gasteiger partial charge in [0.25, 0.3) is 0 Å². The monoisotopic (exact) mass is 390 g/mol. The average Bonchev–Trinajstić information content (AvgIpc) is 2.60. The molecule has 9 heteroatoms. The van der Waals surface area contributed by atoms with Crippen LogP contribution in [-0.4, -0.2) is 59.8 Å². The Bertz CT molecular complexity index is 610. The summed E-state index contributed by atoms with van der Waals surface area (Å²) in [6.07, 6.45) is -2.94. The van der Waals surface area contributed by atoms with Crippen LogP contribution in [0.2, 0.25) is 0 Å². The molecule has 1 aliphatic heterocycles. The Morgan fingerprint density at radius 2 is 2.27 bits per heavy atom. The van der Waals surface area contributed by atoms with Gasteiger partial charge >= 0.3 is 6.18 Å². The molecule has 2 rings (SSSR count). The van der Waals surface area contributed by atoms with Crippen LogP contribution in [0.15, 0.2) is 23.3 Å². The predicted octanol–water partition coefficient (Wildman–Crippen LogP) is 3.17. The van der Waals surface area contributed by atoms with Crippen LogP contribution in [-0.2, 0) is 6.54 Å². The summed E-state index contributed by atoms with van der Waals surface area (Å²) >= 11 is 1.99. The zero-order valence-electron chi connectivity index (χ0n) is 15.2. The summed E-state index contributed by atoms with van der Waals surface area (Å²) in [6, 6.07) is 3.25. The maximum atomic E-state index is 12.2. The van der Waals surface area contributed by atoms with Gasteiger partial charge in [-0.2, -0.15) is 24.9 Å². The Balaban J connectivity index is 1.92. The average molecular weight is 390 g/mol. The van der Waals surface area contributed by atoms with Crippen molar-refractivity contribution in [1.29, 1.82) is 0 Å². The van der Waals surface area contributed by atoms with E-state index in [2.05, 4.69) is 34.0 Å². The molecule has 2 heterocycles. The van der Waals surface area contributed by atoms with Gasteiger partial charge in [-0.3, -0.25) is 4.99 Å². The molecule has 1 aromatic heterocycles. The molecule has 1 unspecified atom stereocenters. The van der Waals surface area contributed by atoms with E-state index in [0.29, 0.717) is 17.7 Å². The number of nitrogens with zero attached hydrogens (tertiary/aromatic N) is 3. The van der Waals surface area contributed by atoms with Gasteiger partial charge in [-0.15, -0.1) is 0 Å². The lowest BCUT2D eigenvalue weighted by molar-refractivity contribution is -0.154. The molecule has 0 saturated carbocycles. The van der Waals surface area contributed by atoms with E-state index in [0.717, 1.165) is 30.4 Å². The van der Waals surface area contributed by atoms with E-state index >= 15 is 0 Å². The van der Waals surface area contributed by atoms with Crippen molar-refractivity contribution < 1.29 is 17.9 Å². The minimum Gasteiger partial charge on any atom is -0.468 e. The quantitative estimate of drug-likeness (QED) is 0.618. The Labute approximate surface area is 156 Å². The molecule has 0 radical (unpaired) electrons. The van der Waals surface area contributed by atoms with Crippen molar-refractivity contribution in [2.24, 2.45) is 10.9 Å². The molecule has 0 amide bonds. The third-order valence-electron chi connectivity index (χ3n) is 3.98. The van der Waals surface area contributed by atoms with Gasteiger partial charge in [0.1, 0.15) is 0 Å². The second-order valence-electron chi connectivity index (χ2n) is 6.41. The molecular weight excluding hydrogens is 365 g/mol. The van der Waals surface area contributed by atoms with Crippen LogP contribution < -0.4 is 10.1 Å². The van der Waals surface area contributed by atoms with Gasteiger partial charge in [0.15, 0.2) is 12.6 Å². The number of pyridine rings is 1. The number of hydrogen-bond donors (Lipinski definition) is 1. The number of aliphatic imine (C=N–C) groups is 1. The Hall–Kier alpha value is -1.64. The lowest BCUT2D eigenvalue weighted by atomic mass is 10.1. The van der Waals surface area contributed by atoms with E-state index < -0.39 is 12.8 Å². The van der Waals surface area contributed by atoms with Gasteiger partial charge in [0.2, 0.25) is 5.88 Å². The zero-order chi connectivity index (χ0) is 19.2. The molecule has 146 valence electrons. The second kappa shape index (κ2) is 9.34. The molecule has 1 fully saturated rings. The summed E-state index contributed by atoms with van der Waals surface area (Å²) in [4.78, 5) is 10.4. The highest BCUT2D eigenvalue weighted by molar-refractivity contribution is 8.00. The number of nitrogens with one attached hydrogen (secondary N) is 1. The van der Waals surface area contributed by atoms with Crippen molar-refractivity contribution in [1.82, 2.24) is 15.2 Å². The molecule has 0 aromatic carbocycles. The minimum absolute atomic E-state index is 0.0362. The van der Waals surface area contributed by atoms with Crippen LogP contribution in [0.25, 0.3) is 0 Å². The van der Waals surface area contributed by atoms with Crippen molar-refractivity contribution in [3.8, 4) is 5.88 Å². The molecule has 1 atom stereocenters. The van der Waals surface area contributed by atoms with Crippen LogP contribution in [0.1, 0.15) is 19.4 Å². The lowest BCUT2D eigenvalue weighted by Gasteiger charge is -2.36. The number of ether oxygens (including phenoxy) is 1. The van der Waals surface area contributed by atoms with E-state index in [9.17, 15) is 13.2 Å². The topological polar surface area (TPSA) is 49.8 Å². The first-order valence-corrected chi connectivity index (χ1v) is 9.55. The predicted molar refractivity (Wildman–Crippen MR) is 98.6 cm³/mol. The van der Waals surface area contributed by atoms with E-state index in [1.807, 2.05) is 11.8 Å². The number of thioether (sulfide) groups is 1. The molecule has 26 heavy (non-hydrogen) atoms. The van der Waals surface area contributed by atoms with Gasteiger partial charge < -0.3 is 15.0 Å². The van der Waals surface area contributed by atoms with Crippen LogP contribution in [0, 0.1) is 5.92 Å². The van der Waals surface area contributed by atoms with Crippen molar-refractivity contribution in [3.05, 3.63) is 23.9 Å². The van der Waals surface area contributed by atoms with Crippen molar-refractivity contribution in [3.63, 3.8) is 0 Å². The minimum atomic E-state index is -4.38. The number of hydrogen-bond acceptors (Lipinski definition) is 4. The van der Waals surface area contributed by atoms with Gasteiger partial charge in [0, 0.05) is 49.9 Å². The maximum absolute atomic E-state index is 12.2. The number of aromatic nitrogens is 1. The van der Waals surface area contributed by atoms with Crippen molar-refractivity contribution >= 4 is 17.7 Å². The second-order valence-corrected chi connectivity index (χ2v) is 7.75. The first-order valence-electron chi connectivity index (χ1n) is 8.50. The molecule has 0 aliphatic carbocycles. The number of guanidine groups is 1. The fourth-order valence-corrected chi connectivity index (χ4v) is 3.88. The summed E-state index contributed by atoms with van der Waals surface area (Å²) in [7, 11) is 1.74. The highest BCUT2D eigenvalue weighted by Gasteiger charge is 2.28. The van der Waals surface area contributed by atoms with Crippen LogP contribution in [0.3, 0.4) is 0 Å². The van der Waals surface area contributed by atoms with Crippen molar-refractivity contribution in [2.45, 2.75) is 31.8 Å². The van der Waals surface area contributed by atoms with Gasteiger partial charge in [0.05, 0.1) is 0 Å². The largest absolute Gasteiger partial charge is 0.468 e. The van der Waals surface area contributed by atoms with Crippen molar-refractivity contribution in [2.75, 3.05) is 32.5 Å². The third kappa shape index (κ3) is 6.59. The molecule has 1 saturated heterocycles. The molecule has 5 nitrogen and oxygen atoms in total. The Morgan fingerprint density at radius 3 is 2.92 bits per heavy atom. The Morgan fingerprint density at radius 1 is 1.50 bits per heavy atom. The third-order valence-corrected chi connectivity index (χ3v) is 5.52. The summed E-state index contributed by atoms with van der Waals surface area (Å²) in [6.45, 7) is 5.38. The Kier molecular flexibility index (Phi) is 7.43. The fourth-order valence-electron chi connectivity index (χ4n) is 2.58. The van der Waals surface area contributed by atoms with Crippen LogP contribution in [0.4, 0.5) is 13.2 Å². The van der Waals surface area contributed by atoms with Gasteiger partial charge in [-0.25, -0.2) is 4.98 Å². The molecule has 0 bridgehead atoms. The highest BCUT2D eigenvalue weighted by atomic mass is 32.2. The SMILES string of the molecule is CN=C(NCc1ccnc(OCC(F)(F)F)c1)N1CCSC(C(C)C)C1. The number of halogens is 3. The van der Waals surface area contributed by atoms with Crippen LogP contribution in [0.5, 0.6) is 5.88 Å². The molecule has 1 aromatic rings.